The molecule has 2 heterocycles. The lowest BCUT2D eigenvalue weighted by Crippen LogP contribution is -2.09. The number of aromatic nitrogens is 2. The first-order chi connectivity index (χ1) is 51.1. The van der Waals surface area contributed by atoms with Gasteiger partial charge in [-0.15, -0.1) is 0 Å². The van der Waals surface area contributed by atoms with Crippen LogP contribution in [0.3, 0.4) is 0 Å². The normalized spacial score (nSPS) is 11.1. The number of pyridine rings is 2. The zero-order valence-corrected chi connectivity index (χ0v) is 57.1. The monoisotopic (exact) mass is 1380 g/mol. The van der Waals surface area contributed by atoms with Gasteiger partial charge in [0.05, 0.1) is 11.9 Å². The SMILES string of the molecule is C.C.C.Clc1ccc(-c2ccc3c4c(cccc24)-c2c-3c(-c3ccccc3)c3ccccc3c2-c2ccccc2)cc1.c1ccc(-c2c3c(c(-c4ccccc4)c4ccccc24)-c2ccc(-c4ccc(N(c5ccccc5)c5cccnc5)cc4)c4cccc-3c24)cc1.c1ccc(Cc2cccnc2)cc1. The highest BCUT2D eigenvalue weighted by atomic mass is 35.5. The zero-order chi connectivity index (χ0) is 68.6. The van der Waals surface area contributed by atoms with Gasteiger partial charge in [-0.2, -0.15) is 0 Å². The van der Waals surface area contributed by atoms with Crippen LogP contribution in [0.1, 0.15) is 33.4 Å². The van der Waals surface area contributed by atoms with E-state index in [-0.39, 0.29) is 22.3 Å². The first-order valence-electron chi connectivity index (χ1n) is 35.2. The van der Waals surface area contributed by atoms with Gasteiger partial charge in [0.25, 0.3) is 0 Å². The number of rotatable bonds is 11. The Morgan fingerprint density at radius 1 is 0.217 bits per heavy atom. The van der Waals surface area contributed by atoms with Gasteiger partial charge in [0.2, 0.25) is 0 Å². The smallest absolute Gasteiger partial charge is 0.0644 e. The molecule has 0 unspecified atom stereocenters. The van der Waals surface area contributed by atoms with Crippen molar-refractivity contribution in [2.45, 2.75) is 28.7 Å². The summed E-state index contributed by atoms with van der Waals surface area (Å²) in [7, 11) is 0. The fourth-order valence-electron chi connectivity index (χ4n) is 16.0. The summed E-state index contributed by atoms with van der Waals surface area (Å²) in [5, 5.41) is 11.0. The molecule has 0 saturated heterocycles. The molecule has 0 atom stereocenters. The van der Waals surface area contributed by atoms with E-state index >= 15 is 0 Å². The molecule has 20 rings (SSSR count). The first-order valence-corrected chi connectivity index (χ1v) is 35.5. The third-order valence-corrected chi connectivity index (χ3v) is 20.6. The molecule has 0 radical (unpaired) electrons. The number of benzene rings is 16. The Morgan fingerprint density at radius 3 is 0.915 bits per heavy atom. The molecule has 3 nitrogen and oxygen atoms in total. The molecule has 106 heavy (non-hydrogen) atoms. The maximum Gasteiger partial charge on any atom is 0.0644 e. The molecular weight excluding hydrogens is 1300 g/mol. The minimum Gasteiger partial charge on any atom is -0.309 e. The molecule has 18 aromatic rings. The predicted octanol–water partition coefficient (Wildman–Crippen LogP) is 29.4. The van der Waals surface area contributed by atoms with E-state index in [0.717, 1.165) is 28.5 Å². The highest BCUT2D eigenvalue weighted by Gasteiger charge is 2.33. The number of nitrogens with zero attached hydrogens (tertiary/aromatic N) is 3. The predicted molar refractivity (Wildman–Crippen MR) is 456 cm³/mol. The van der Waals surface area contributed by atoms with Gasteiger partial charge in [-0.05, 0) is 227 Å². The third kappa shape index (κ3) is 12.5. The van der Waals surface area contributed by atoms with Gasteiger partial charge in [-0.3, -0.25) is 9.97 Å². The summed E-state index contributed by atoms with van der Waals surface area (Å²) < 4.78 is 0. The summed E-state index contributed by atoms with van der Waals surface area (Å²) in [5.41, 5.74) is 31.3. The van der Waals surface area contributed by atoms with Crippen LogP contribution in [-0.4, -0.2) is 9.97 Å². The molecule has 0 bridgehead atoms. The van der Waals surface area contributed by atoms with Gasteiger partial charge in [0.1, 0.15) is 0 Å². The zero-order valence-electron chi connectivity index (χ0n) is 56.4. The molecule has 0 amide bonds. The van der Waals surface area contributed by atoms with Gasteiger partial charge in [-0.25, -0.2) is 0 Å². The van der Waals surface area contributed by atoms with E-state index in [4.69, 9.17) is 11.6 Å². The summed E-state index contributed by atoms with van der Waals surface area (Å²) in [6, 6.07) is 131. The van der Waals surface area contributed by atoms with Crippen LogP contribution < -0.4 is 4.90 Å². The second-order valence-corrected chi connectivity index (χ2v) is 26.7. The Kier molecular flexibility index (Phi) is 19.5. The van der Waals surface area contributed by atoms with Crippen LogP contribution in [-0.2, 0) is 6.42 Å². The lowest BCUT2D eigenvalue weighted by atomic mass is 9.82. The van der Waals surface area contributed by atoms with E-state index < -0.39 is 0 Å². The Balaban J connectivity index is 0.000000145. The van der Waals surface area contributed by atoms with Crippen molar-refractivity contribution in [3.05, 3.63) is 405 Å². The summed E-state index contributed by atoms with van der Waals surface area (Å²) in [5.74, 6) is 0. The molecule has 508 valence electrons. The first kappa shape index (κ1) is 68.7. The number of hydrogen-bond acceptors (Lipinski definition) is 3. The van der Waals surface area contributed by atoms with Crippen molar-refractivity contribution in [1.29, 1.82) is 0 Å². The summed E-state index contributed by atoms with van der Waals surface area (Å²) in [6.45, 7) is 0. The van der Waals surface area contributed by atoms with Gasteiger partial charge in [-0.1, -0.05) is 343 Å². The lowest BCUT2D eigenvalue weighted by Gasteiger charge is -2.25. The Hall–Kier alpha value is -13.1. The van der Waals surface area contributed by atoms with Gasteiger partial charge >= 0.3 is 0 Å². The molecule has 0 fully saturated rings. The molecule has 16 aromatic carbocycles. The average Bonchev–Trinajstić information content (AvgIpc) is 1.54. The quantitative estimate of drug-likeness (QED) is 0.129. The largest absolute Gasteiger partial charge is 0.309 e. The van der Waals surface area contributed by atoms with E-state index in [9.17, 15) is 0 Å². The van der Waals surface area contributed by atoms with Crippen molar-refractivity contribution < 1.29 is 0 Å². The second-order valence-electron chi connectivity index (χ2n) is 26.3. The maximum absolute atomic E-state index is 6.24. The van der Waals surface area contributed by atoms with E-state index in [0.29, 0.717) is 0 Å². The third-order valence-electron chi connectivity index (χ3n) is 20.3. The van der Waals surface area contributed by atoms with Crippen molar-refractivity contribution >= 4 is 71.8 Å². The van der Waals surface area contributed by atoms with Crippen LogP contribution in [0, 0.1) is 0 Å². The molecule has 2 aliphatic carbocycles. The molecule has 2 aromatic heterocycles. The van der Waals surface area contributed by atoms with Crippen molar-refractivity contribution in [1.82, 2.24) is 9.97 Å². The van der Waals surface area contributed by atoms with Crippen LogP contribution in [0.2, 0.25) is 5.02 Å². The Labute approximate surface area is 627 Å². The van der Waals surface area contributed by atoms with E-state index in [1.165, 1.54) is 165 Å². The Bertz CT molecular complexity index is 5880. The second kappa shape index (κ2) is 30.1. The van der Waals surface area contributed by atoms with Gasteiger partial charge in [0, 0.05) is 35.0 Å². The van der Waals surface area contributed by atoms with E-state index in [2.05, 4.69) is 349 Å². The summed E-state index contributed by atoms with van der Waals surface area (Å²) in [4.78, 5) is 10.8. The van der Waals surface area contributed by atoms with Crippen LogP contribution in [0.25, 0.3) is 154 Å². The van der Waals surface area contributed by atoms with Crippen molar-refractivity contribution in [3.63, 3.8) is 0 Å². The number of anilines is 3. The summed E-state index contributed by atoms with van der Waals surface area (Å²) >= 11 is 6.24. The molecule has 0 N–H and O–H groups in total. The minimum absolute atomic E-state index is 0. The van der Waals surface area contributed by atoms with E-state index in [1.807, 2.05) is 48.9 Å². The fraction of sp³-hybridized carbons (Fsp3) is 0.0392. The van der Waals surface area contributed by atoms with Crippen LogP contribution in [0.15, 0.2) is 389 Å². The van der Waals surface area contributed by atoms with Crippen molar-refractivity contribution in [3.8, 4) is 111 Å². The van der Waals surface area contributed by atoms with Crippen LogP contribution >= 0.6 is 11.6 Å². The maximum atomic E-state index is 6.24. The molecule has 0 aliphatic heterocycles. The standard InChI is InChI=1S/C49H32N2.C38H23Cl.C12H11N.3CH4/c1-4-14-34(15-5-1)45-41-21-10-11-22-42(41)46(35-16-6-2-7-17-35)49-44-30-29-39(40-23-12-24-43(47(40)44)48(45)49)33-25-27-37(28-26-33)51(36-18-8-3-9-19-36)38-20-13-31-50-32-38;39-27-20-18-24(19-21-27)28-22-23-33-36-29(28)16-9-17-32(36)37-34(25-10-3-1-4-11-25)30-14-7-8-15-31(30)35(38(33)37)26-12-5-2-6-13-26;1-2-5-11(6-3-1)9-12-7-4-8-13-10-12;;;/h1-32H;1-23H;1-8,10H,9H2;3*1H4. The molecule has 0 saturated carbocycles. The van der Waals surface area contributed by atoms with Gasteiger partial charge in [0.15, 0.2) is 0 Å². The minimum atomic E-state index is 0. The number of halogens is 1. The topological polar surface area (TPSA) is 29.0 Å². The Morgan fingerprint density at radius 2 is 0.528 bits per heavy atom. The number of hydrogen-bond donors (Lipinski definition) is 0. The summed E-state index contributed by atoms with van der Waals surface area (Å²) in [6.07, 6.45) is 8.41. The van der Waals surface area contributed by atoms with Crippen LogP contribution in [0.5, 0.6) is 0 Å². The average molecular weight is 1380 g/mol. The van der Waals surface area contributed by atoms with Crippen molar-refractivity contribution in [2.24, 2.45) is 0 Å². The fourth-order valence-corrected chi connectivity index (χ4v) is 16.1. The molecular formula is C102H78ClN3. The number of fused-ring (bicyclic) bond motifs is 8. The van der Waals surface area contributed by atoms with Crippen LogP contribution in [0.4, 0.5) is 17.1 Å². The molecule has 4 heteroatoms. The number of para-hydroxylation sites is 1. The molecule has 0 spiro atoms. The van der Waals surface area contributed by atoms with Crippen molar-refractivity contribution in [2.75, 3.05) is 4.90 Å². The molecule has 2 aliphatic rings. The highest BCUT2D eigenvalue weighted by Crippen LogP contribution is 2.61. The van der Waals surface area contributed by atoms with Gasteiger partial charge < -0.3 is 4.90 Å². The lowest BCUT2D eigenvalue weighted by molar-refractivity contribution is 1.15. The van der Waals surface area contributed by atoms with E-state index in [1.54, 1.807) is 6.20 Å². The highest BCUT2D eigenvalue weighted by molar-refractivity contribution is 6.32.